The van der Waals surface area contributed by atoms with Gasteiger partial charge >= 0.3 is 0 Å². The highest BCUT2D eigenvalue weighted by Gasteiger charge is 2.27. The summed E-state index contributed by atoms with van der Waals surface area (Å²) >= 11 is 0. The highest BCUT2D eigenvalue weighted by Crippen LogP contribution is 2.24. The lowest BCUT2D eigenvalue weighted by Crippen LogP contribution is -2.41. The Morgan fingerprint density at radius 1 is 1.10 bits per heavy atom. The summed E-state index contributed by atoms with van der Waals surface area (Å²) in [5.41, 5.74) is 1.79. The van der Waals surface area contributed by atoms with E-state index in [0.717, 1.165) is 19.4 Å². The van der Waals surface area contributed by atoms with Crippen molar-refractivity contribution in [2.24, 2.45) is 18.1 Å². The first kappa shape index (κ1) is 20.9. The molecule has 11 nitrogen and oxygen atoms in total. The normalized spacial score (nSPS) is 16.8. The van der Waals surface area contributed by atoms with E-state index in [0.29, 0.717) is 29.4 Å². The molecule has 3 N–H and O–H groups in total. The van der Waals surface area contributed by atoms with E-state index in [1.807, 2.05) is 17.0 Å². The number of aromatic nitrogens is 5. The topological polar surface area (TPSA) is 149 Å². The summed E-state index contributed by atoms with van der Waals surface area (Å²) < 4.78 is 24.3. The van der Waals surface area contributed by atoms with Crippen LogP contribution in [0.5, 0.6) is 0 Å². The SMILES string of the molecule is Cn1cc(-c2ccc(N3CCCC(C(=O)Nc4ccc(S(N)(=O)=O)cc4)C3)nn2)nn1. The van der Waals surface area contributed by atoms with Crippen molar-refractivity contribution in [3.05, 3.63) is 42.6 Å². The smallest absolute Gasteiger partial charge is 0.238 e. The number of hydrogen-bond donors (Lipinski definition) is 2. The zero-order chi connectivity index (χ0) is 22.0. The lowest BCUT2D eigenvalue weighted by molar-refractivity contribution is -0.120. The molecule has 1 amide bonds. The Balaban J connectivity index is 1.40. The van der Waals surface area contributed by atoms with Crippen LogP contribution in [0.15, 0.2) is 47.5 Å². The number of primary sulfonamides is 1. The number of anilines is 2. The Hall–Kier alpha value is -3.38. The van der Waals surface area contributed by atoms with Crippen LogP contribution in [0.3, 0.4) is 0 Å². The summed E-state index contributed by atoms with van der Waals surface area (Å²) in [6.45, 7) is 1.30. The van der Waals surface area contributed by atoms with Crippen molar-refractivity contribution in [3.63, 3.8) is 0 Å². The lowest BCUT2D eigenvalue weighted by Gasteiger charge is -2.32. The Bertz CT molecular complexity index is 1180. The van der Waals surface area contributed by atoms with Crippen LogP contribution in [0.2, 0.25) is 0 Å². The maximum Gasteiger partial charge on any atom is 0.238 e. The first-order valence-electron chi connectivity index (χ1n) is 9.69. The van der Waals surface area contributed by atoms with E-state index in [-0.39, 0.29) is 16.7 Å². The number of aryl methyl sites for hydroxylation is 1. The number of hydrogen-bond acceptors (Lipinski definition) is 8. The van der Waals surface area contributed by atoms with Crippen LogP contribution in [0.25, 0.3) is 11.4 Å². The Morgan fingerprint density at radius 2 is 1.87 bits per heavy atom. The molecule has 1 saturated heterocycles. The van der Waals surface area contributed by atoms with Gasteiger partial charge in [0.25, 0.3) is 0 Å². The molecule has 1 aliphatic heterocycles. The van der Waals surface area contributed by atoms with Gasteiger partial charge < -0.3 is 10.2 Å². The summed E-state index contributed by atoms with van der Waals surface area (Å²) in [6.07, 6.45) is 3.36. The van der Waals surface area contributed by atoms with Gasteiger partial charge in [-0.1, -0.05) is 5.21 Å². The Kier molecular flexibility index (Phi) is 5.65. The van der Waals surface area contributed by atoms with Gasteiger partial charge in [0.05, 0.1) is 17.0 Å². The van der Waals surface area contributed by atoms with Crippen LogP contribution < -0.4 is 15.4 Å². The average molecular weight is 443 g/mol. The van der Waals surface area contributed by atoms with E-state index in [4.69, 9.17) is 5.14 Å². The second-order valence-corrected chi connectivity index (χ2v) is 8.96. The molecule has 0 aliphatic carbocycles. The number of benzene rings is 1. The van der Waals surface area contributed by atoms with Gasteiger partial charge in [-0.05, 0) is 49.2 Å². The molecular weight excluding hydrogens is 420 g/mol. The number of piperidine rings is 1. The number of carbonyl (C=O) groups excluding carboxylic acids is 1. The van der Waals surface area contributed by atoms with Crippen LogP contribution in [-0.4, -0.2) is 52.6 Å². The Labute approximate surface area is 179 Å². The number of rotatable bonds is 5. The highest BCUT2D eigenvalue weighted by atomic mass is 32.2. The van der Waals surface area contributed by atoms with Crippen molar-refractivity contribution < 1.29 is 13.2 Å². The third kappa shape index (κ3) is 4.86. The summed E-state index contributed by atoms with van der Waals surface area (Å²) in [4.78, 5) is 14.8. The van der Waals surface area contributed by atoms with Gasteiger partial charge in [0.1, 0.15) is 11.4 Å². The third-order valence-corrected chi connectivity index (χ3v) is 6.01. The zero-order valence-corrected chi connectivity index (χ0v) is 17.7. The second kappa shape index (κ2) is 8.40. The molecule has 3 aromatic rings. The van der Waals surface area contributed by atoms with Gasteiger partial charge in [-0.3, -0.25) is 9.48 Å². The largest absolute Gasteiger partial charge is 0.354 e. The van der Waals surface area contributed by atoms with Crippen LogP contribution in [0.4, 0.5) is 11.5 Å². The quantitative estimate of drug-likeness (QED) is 0.588. The van der Waals surface area contributed by atoms with Gasteiger partial charge in [0, 0.05) is 25.8 Å². The number of nitrogens with two attached hydrogens (primary N) is 1. The van der Waals surface area contributed by atoms with E-state index >= 15 is 0 Å². The lowest BCUT2D eigenvalue weighted by atomic mass is 9.97. The van der Waals surface area contributed by atoms with E-state index in [1.54, 1.807) is 17.9 Å². The summed E-state index contributed by atoms with van der Waals surface area (Å²) in [5, 5.41) is 24.4. The summed E-state index contributed by atoms with van der Waals surface area (Å²) in [5.74, 6) is 0.341. The molecule has 162 valence electrons. The molecule has 12 heteroatoms. The molecule has 4 rings (SSSR count). The molecule has 0 bridgehead atoms. The summed E-state index contributed by atoms with van der Waals surface area (Å²) in [6, 6.07) is 9.48. The van der Waals surface area contributed by atoms with Crippen molar-refractivity contribution in [1.29, 1.82) is 0 Å². The fourth-order valence-electron chi connectivity index (χ4n) is 3.47. The number of nitrogens with one attached hydrogen (secondary N) is 1. The molecule has 0 spiro atoms. The van der Waals surface area contributed by atoms with E-state index in [1.165, 1.54) is 24.3 Å². The third-order valence-electron chi connectivity index (χ3n) is 5.08. The predicted molar refractivity (Wildman–Crippen MR) is 113 cm³/mol. The van der Waals surface area contributed by atoms with Crippen LogP contribution in [0.1, 0.15) is 12.8 Å². The minimum atomic E-state index is -3.77. The number of sulfonamides is 1. The molecule has 1 aromatic carbocycles. The molecule has 1 aliphatic rings. The number of carbonyl (C=O) groups is 1. The molecule has 0 saturated carbocycles. The highest BCUT2D eigenvalue weighted by molar-refractivity contribution is 7.89. The van der Waals surface area contributed by atoms with Gasteiger partial charge in [-0.15, -0.1) is 15.3 Å². The summed E-state index contributed by atoms with van der Waals surface area (Å²) in [7, 11) is -1.98. The monoisotopic (exact) mass is 442 g/mol. The van der Waals surface area contributed by atoms with E-state index < -0.39 is 10.0 Å². The fourth-order valence-corrected chi connectivity index (χ4v) is 3.98. The van der Waals surface area contributed by atoms with E-state index in [9.17, 15) is 13.2 Å². The van der Waals surface area contributed by atoms with Crippen molar-refractivity contribution >= 4 is 27.4 Å². The molecule has 2 aromatic heterocycles. The molecule has 0 radical (unpaired) electrons. The van der Waals surface area contributed by atoms with Crippen LogP contribution >= 0.6 is 0 Å². The zero-order valence-electron chi connectivity index (χ0n) is 16.8. The molecule has 1 atom stereocenters. The van der Waals surface area contributed by atoms with Gasteiger partial charge in [-0.25, -0.2) is 13.6 Å². The van der Waals surface area contributed by atoms with Crippen molar-refractivity contribution in [2.45, 2.75) is 17.7 Å². The molecular formula is C19H22N8O3S. The second-order valence-electron chi connectivity index (χ2n) is 7.40. The fraction of sp³-hybridized carbons (Fsp3) is 0.316. The minimum absolute atomic E-state index is 0.00199. The number of nitrogens with zero attached hydrogens (tertiary/aromatic N) is 6. The number of amides is 1. The van der Waals surface area contributed by atoms with Gasteiger partial charge in [0.2, 0.25) is 15.9 Å². The van der Waals surface area contributed by atoms with E-state index in [2.05, 4.69) is 25.8 Å². The first-order chi connectivity index (χ1) is 14.8. The predicted octanol–water partition coefficient (Wildman–Crippen LogP) is 0.775. The standard InChI is InChI=1S/C19H22N8O3S/c1-26-12-17(23-25-26)16-8-9-18(24-22-16)27-10-2-3-13(11-27)19(28)21-14-4-6-15(7-5-14)31(20,29)30/h4-9,12-13H,2-3,10-11H2,1H3,(H,21,28)(H2,20,29,30). The van der Waals surface area contributed by atoms with Crippen molar-refractivity contribution in [2.75, 3.05) is 23.3 Å². The Morgan fingerprint density at radius 3 is 2.48 bits per heavy atom. The van der Waals surface area contributed by atoms with Crippen LogP contribution in [0, 0.1) is 5.92 Å². The first-order valence-corrected chi connectivity index (χ1v) is 11.2. The molecule has 3 heterocycles. The van der Waals surface area contributed by atoms with Crippen molar-refractivity contribution in [3.8, 4) is 11.4 Å². The minimum Gasteiger partial charge on any atom is -0.354 e. The molecule has 31 heavy (non-hydrogen) atoms. The van der Waals surface area contributed by atoms with Crippen molar-refractivity contribution in [1.82, 2.24) is 25.2 Å². The van der Waals surface area contributed by atoms with Gasteiger partial charge in [-0.2, -0.15) is 0 Å². The maximum atomic E-state index is 12.7. The molecule has 1 unspecified atom stereocenters. The molecule has 1 fully saturated rings. The maximum absolute atomic E-state index is 12.7. The van der Waals surface area contributed by atoms with Gasteiger partial charge in [0.15, 0.2) is 5.82 Å². The van der Waals surface area contributed by atoms with Crippen LogP contribution in [-0.2, 0) is 21.9 Å². The average Bonchev–Trinajstić information content (AvgIpc) is 3.20.